The maximum absolute atomic E-state index is 11.4. The number of aromatic nitrogens is 1. The van der Waals surface area contributed by atoms with Gasteiger partial charge in [-0.3, -0.25) is 0 Å². The van der Waals surface area contributed by atoms with Crippen molar-refractivity contribution >= 4 is 26.0 Å². The topological polar surface area (TPSA) is 62.7 Å². The molecule has 1 unspecified atom stereocenters. The highest BCUT2D eigenvalue weighted by atomic mass is 35.5. The van der Waals surface area contributed by atoms with Gasteiger partial charge in [0.25, 0.3) is 0 Å². The van der Waals surface area contributed by atoms with E-state index in [1.54, 1.807) is 6.07 Å². The van der Waals surface area contributed by atoms with Crippen molar-refractivity contribution in [2.75, 3.05) is 6.54 Å². The van der Waals surface area contributed by atoms with Gasteiger partial charge < -0.3 is 14.4 Å². The summed E-state index contributed by atoms with van der Waals surface area (Å²) in [5, 5.41) is 9.78. The lowest BCUT2D eigenvalue weighted by Gasteiger charge is -2.42. The molecule has 7 heteroatoms. The average Bonchev–Trinajstić information content (AvgIpc) is 2.37. The zero-order chi connectivity index (χ0) is 16.7. The van der Waals surface area contributed by atoms with Gasteiger partial charge in [-0.25, -0.2) is 9.78 Å². The van der Waals surface area contributed by atoms with Crippen molar-refractivity contribution in [1.29, 1.82) is 0 Å². The molecule has 5 nitrogen and oxygen atoms in total. The standard InChI is InChI=1S/C15H23ClN2O3Si/c1-15(2,3)22(4,5)21-11-9-18(14(19)20)8-10-6-7-12(16)17-13(10)11/h6-7,11H,8-9H2,1-5H3,(H,19,20). The van der Waals surface area contributed by atoms with Gasteiger partial charge in [0.1, 0.15) is 11.3 Å². The van der Waals surface area contributed by atoms with Crippen molar-refractivity contribution in [3.05, 3.63) is 28.5 Å². The third-order valence-electron chi connectivity index (χ3n) is 4.54. The molecule has 22 heavy (non-hydrogen) atoms. The minimum absolute atomic E-state index is 0.0389. The molecule has 1 N–H and O–H groups in total. The normalized spacial score (nSPS) is 19.0. The van der Waals surface area contributed by atoms with Gasteiger partial charge in [-0.1, -0.05) is 38.4 Å². The van der Waals surface area contributed by atoms with E-state index >= 15 is 0 Å². The van der Waals surface area contributed by atoms with Crippen LogP contribution >= 0.6 is 11.6 Å². The van der Waals surface area contributed by atoms with Gasteiger partial charge in [-0.2, -0.15) is 0 Å². The fraction of sp³-hybridized carbons (Fsp3) is 0.600. The number of carboxylic acid groups (broad SMARTS) is 1. The number of hydrogen-bond acceptors (Lipinski definition) is 3. The summed E-state index contributed by atoms with van der Waals surface area (Å²) in [4.78, 5) is 17.1. The van der Waals surface area contributed by atoms with Crippen molar-refractivity contribution in [2.24, 2.45) is 0 Å². The van der Waals surface area contributed by atoms with Crippen molar-refractivity contribution in [3.8, 4) is 0 Å². The first-order valence-electron chi connectivity index (χ1n) is 7.32. The molecule has 1 aliphatic rings. The van der Waals surface area contributed by atoms with Crippen molar-refractivity contribution < 1.29 is 14.3 Å². The van der Waals surface area contributed by atoms with Crippen LogP contribution in [0.2, 0.25) is 23.3 Å². The van der Waals surface area contributed by atoms with Gasteiger partial charge in [0, 0.05) is 0 Å². The number of rotatable bonds is 2. The quantitative estimate of drug-likeness (QED) is 0.643. The molecule has 0 aromatic carbocycles. The Hall–Kier alpha value is -1.11. The summed E-state index contributed by atoms with van der Waals surface area (Å²) >= 11 is 6.02. The second-order valence-electron chi connectivity index (χ2n) is 7.21. The summed E-state index contributed by atoms with van der Waals surface area (Å²) in [6.07, 6.45) is -1.30. The highest BCUT2D eigenvalue weighted by Gasteiger charge is 2.42. The van der Waals surface area contributed by atoms with Gasteiger partial charge in [0.15, 0.2) is 8.32 Å². The summed E-state index contributed by atoms with van der Waals surface area (Å²) in [7, 11) is -2.05. The molecule has 0 saturated carbocycles. The average molecular weight is 343 g/mol. The van der Waals surface area contributed by atoms with Gasteiger partial charge in [0.2, 0.25) is 0 Å². The molecule has 0 spiro atoms. The van der Waals surface area contributed by atoms with Crippen LogP contribution in [-0.2, 0) is 11.0 Å². The van der Waals surface area contributed by atoms with Crippen molar-refractivity contribution in [1.82, 2.24) is 9.88 Å². The number of fused-ring (bicyclic) bond motifs is 1. The third-order valence-corrected chi connectivity index (χ3v) is 9.24. The molecule has 0 aliphatic carbocycles. The Morgan fingerprint density at radius 3 is 2.64 bits per heavy atom. The zero-order valence-electron chi connectivity index (χ0n) is 13.7. The molecule has 122 valence electrons. The van der Waals surface area contributed by atoms with Crippen LogP contribution in [0.4, 0.5) is 4.79 Å². The number of carbonyl (C=O) groups is 1. The van der Waals surface area contributed by atoms with Crippen LogP contribution in [0, 0.1) is 0 Å². The fourth-order valence-corrected chi connectivity index (χ4v) is 3.62. The van der Waals surface area contributed by atoms with Gasteiger partial charge in [-0.15, -0.1) is 0 Å². The van der Waals surface area contributed by atoms with Crippen LogP contribution in [0.15, 0.2) is 12.1 Å². The van der Waals surface area contributed by atoms with Crippen LogP contribution in [0.1, 0.15) is 38.1 Å². The van der Waals surface area contributed by atoms with Gasteiger partial charge in [-0.05, 0) is 29.8 Å². The molecular formula is C15H23ClN2O3Si. The number of pyridine rings is 1. The van der Waals surface area contributed by atoms with Crippen molar-refractivity contribution in [3.63, 3.8) is 0 Å². The molecule has 0 fully saturated rings. The smallest absolute Gasteiger partial charge is 0.407 e. The second kappa shape index (κ2) is 5.83. The third kappa shape index (κ3) is 3.44. The molecule has 1 amide bonds. The van der Waals surface area contributed by atoms with Crippen LogP contribution in [0.25, 0.3) is 0 Å². The Bertz CT molecular complexity index is 587. The summed E-state index contributed by atoms with van der Waals surface area (Å²) < 4.78 is 6.42. The van der Waals surface area contributed by atoms with E-state index in [0.717, 1.165) is 11.3 Å². The lowest BCUT2D eigenvalue weighted by Crippen LogP contribution is -2.46. The van der Waals surface area contributed by atoms with E-state index in [9.17, 15) is 9.90 Å². The highest BCUT2D eigenvalue weighted by Crippen LogP contribution is 2.41. The Balaban J connectivity index is 2.37. The molecule has 0 radical (unpaired) electrons. The molecule has 0 saturated heterocycles. The van der Waals surface area contributed by atoms with E-state index in [1.807, 2.05) is 6.07 Å². The maximum Gasteiger partial charge on any atom is 0.407 e. The van der Waals surface area contributed by atoms with Crippen LogP contribution < -0.4 is 0 Å². The molecule has 2 heterocycles. The van der Waals surface area contributed by atoms with E-state index in [1.165, 1.54) is 4.90 Å². The lowest BCUT2D eigenvalue weighted by atomic mass is 10.0. The minimum Gasteiger partial charge on any atom is -0.465 e. The first-order valence-corrected chi connectivity index (χ1v) is 10.6. The maximum atomic E-state index is 11.4. The van der Waals surface area contributed by atoms with Crippen LogP contribution in [-0.4, -0.2) is 35.9 Å². The van der Waals surface area contributed by atoms with Crippen LogP contribution in [0.5, 0.6) is 0 Å². The van der Waals surface area contributed by atoms with E-state index in [0.29, 0.717) is 18.2 Å². The van der Waals surface area contributed by atoms with E-state index in [-0.39, 0.29) is 11.1 Å². The fourth-order valence-electron chi connectivity index (χ4n) is 2.22. The zero-order valence-corrected chi connectivity index (χ0v) is 15.4. The largest absolute Gasteiger partial charge is 0.465 e. The summed E-state index contributed by atoms with van der Waals surface area (Å²) in [5.74, 6) is 0. The first-order chi connectivity index (χ1) is 10.0. The van der Waals surface area contributed by atoms with E-state index in [2.05, 4.69) is 38.8 Å². The van der Waals surface area contributed by atoms with E-state index in [4.69, 9.17) is 16.0 Å². The number of hydrogen-bond donors (Lipinski definition) is 1. The molecule has 1 aromatic rings. The molecule has 2 rings (SSSR count). The van der Waals surface area contributed by atoms with Gasteiger partial charge in [0.05, 0.1) is 18.8 Å². The number of halogens is 1. The van der Waals surface area contributed by atoms with Crippen molar-refractivity contribution in [2.45, 2.75) is 51.6 Å². The monoisotopic (exact) mass is 342 g/mol. The highest BCUT2D eigenvalue weighted by molar-refractivity contribution is 6.74. The molecule has 0 bridgehead atoms. The lowest BCUT2D eigenvalue weighted by molar-refractivity contribution is 0.0844. The molecule has 1 atom stereocenters. The molecular weight excluding hydrogens is 320 g/mol. The predicted octanol–water partition coefficient (Wildman–Crippen LogP) is 4.29. The summed E-state index contributed by atoms with van der Waals surface area (Å²) in [5.41, 5.74) is 1.64. The molecule has 1 aliphatic heterocycles. The minimum atomic E-state index is -2.05. The number of nitrogens with zero attached hydrogens (tertiary/aromatic N) is 2. The van der Waals surface area contributed by atoms with Gasteiger partial charge >= 0.3 is 6.09 Å². The SMILES string of the molecule is CC(C)(C)[Si](C)(C)OC1CN(C(=O)O)Cc2ccc(Cl)nc21. The summed E-state index contributed by atoms with van der Waals surface area (Å²) in [6.45, 7) is 11.4. The summed E-state index contributed by atoms with van der Waals surface area (Å²) in [6, 6.07) is 3.52. The number of amides is 1. The Morgan fingerprint density at radius 2 is 2.09 bits per heavy atom. The Kier molecular flexibility index (Phi) is 4.57. The predicted molar refractivity (Wildman–Crippen MR) is 88.7 cm³/mol. The second-order valence-corrected chi connectivity index (χ2v) is 12.4. The Morgan fingerprint density at radius 1 is 1.45 bits per heavy atom. The first kappa shape index (κ1) is 17.2. The van der Waals surface area contributed by atoms with Crippen LogP contribution in [0.3, 0.4) is 0 Å². The molecule has 1 aromatic heterocycles. The van der Waals surface area contributed by atoms with E-state index < -0.39 is 14.4 Å². The Labute approximate surface area is 137 Å².